The number of aryl methyl sites for hydroxylation is 1. The molecule has 1 amide bonds. The maximum atomic E-state index is 14.7. The lowest BCUT2D eigenvalue weighted by molar-refractivity contribution is -0.145. The zero-order valence-electron chi connectivity index (χ0n) is 16.4. The molecule has 2 aromatic rings. The molecule has 0 unspecified atom stereocenters. The zero-order chi connectivity index (χ0) is 23.0. The highest BCUT2D eigenvalue weighted by Gasteiger charge is 2.63. The molecule has 0 saturated heterocycles. The first-order valence-corrected chi connectivity index (χ1v) is 9.01. The van der Waals surface area contributed by atoms with Crippen LogP contribution in [-0.2, 0) is 5.54 Å². The quantitative estimate of drug-likeness (QED) is 0.690. The largest absolute Gasteiger partial charge is 0.480 e. The average molecular weight is 443 g/mol. The van der Waals surface area contributed by atoms with E-state index in [1.54, 1.807) is 0 Å². The zero-order valence-corrected chi connectivity index (χ0v) is 16.4. The van der Waals surface area contributed by atoms with Crippen molar-refractivity contribution in [2.45, 2.75) is 37.7 Å². The third kappa shape index (κ3) is 3.89. The molecule has 2 heterocycles. The number of aromatic nitrogens is 2. The second kappa shape index (κ2) is 8.08. The van der Waals surface area contributed by atoms with E-state index in [0.717, 1.165) is 6.07 Å². The number of amides is 1. The van der Waals surface area contributed by atoms with Crippen LogP contribution in [0.1, 0.15) is 34.6 Å². The predicted octanol–water partition coefficient (Wildman–Crippen LogP) is 3.43. The molecule has 166 valence electrons. The van der Waals surface area contributed by atoms with Gasteiger partial charge >= 0.3 is 0 Å². The fourth-order valence-corrected chi connectivity index (χ4v) is 3.29. The molecule has 7 nitrogen and oxygen atoms in total. The molecule has 0 bridgehead atoms. The minimum absolute atomic E-state index is 0.125. The summed E-state index contributed by atoms with van der Waals surface area (Å²) in [5.74, 6) is -6.51. The number of aliphatic imine (C=N–C) groups is 1. The summed E-state index contributed by atoms with van der Waals surface area (Å²) in [4.78, 5) is 23.7. The highest BCUT2D eigenvalue weighted by Crippen LogP contribution is 2.51. The van der Waals surface area contributed by atoms with Crippen molar-refractivity contribution in [3.63, 3.8) is 0 Å². The lowest BCUT2D eigenvalue weighted by atomic mass is 9.79. The number of halogens is 5. The van der Waals surface area contributed by atoms with Crippen LogP contribution in [0.4, 0.5) is 27.6 Å². The smallest absolute Gasteiger partial charge is 0.283 e. The Labute approximate surface area is 173 Å². The number of ether oxygens (including phenoxy) is 1. The van der Waals surface area contributed by atoms with Gasteiger partial charge < -0.3 is 15.8 Å². The van der Waals surface area contributed by atoms with Crippen LogP contribution in [0.25, 0.3) is 0 Å². The number of nitrogens with one attached hydrogen (secondary N) is 1. The maximum absolute atomic E-state index is 14.7. The van der Waals surface area contributed by atoms with E-state index in [0.29, 0.717) is 12.1 Å². The number of anilines is 1. The fourth-order valence-electron chi connectivity index (χ4n) is 3.29. The number of hydrogen-bond donors (Lipinski definition) is 2. The molecule has 1 aromatic carbocycles. The monoisotopic (exact) mass is 443 g/mol. The molecule has 0 saturated carbocycles. The van der Waals surface area contributed by atoms with Crippen LogP contribution < -0.4 is 15.8 Å². The molecule has 3 N–H and O–H groups in total. The maximum Gasteiger partial charge on any atom is 0.283 e. The first kappa shape index (κ1) is 22.4. The SMILES string of the molecule is COc1cnc(C(=O)Nc2ccc(F)c([C@@]3(C(F)F)N=C(N)CCC3(F)F)c2)c(C)n1. The van der Waals surface area contributed by atoms with Crippen LogP contribution >= 0.6 is 0 Å². The first-order valence-electron chi connectivity index (χ1n) is 9.01. The molecule has 31 heavy (non-hydrogen) atoms. The Kier molecular flexibility index (Phi) is 5.83. The van der Waals surface area contributed by atoms with Crippen LogP contribution in [-0.4, -0.2) is 41.2 Å². The summed E-state index contributed by atoms with van der Waals surface area (Å²) in [6, 6.07) is 2.43. The summed E-state index contributed by atoms with van der Waals surface area (Å²) < 4.78 is 76.7. The Bertz CT molecular complexity index is 1050. The van der Waals surface area contributed by atoms with E-state index >= 15 is 0 Å². The minimum atomic E-state index is -4.08. The minimum Gasteiger partial charge on any atom is -0.480 e. The molecule has 1 aromatic heterocycles. The van der Waals surface area contributed by atoms with Gasteiger partial charge in [-0.2, -0.15) is 0 Å². The molecule has 1 aliphatic heterocycles. The van der Waals surface area contributed by atoms with Crippen molar-refractivity contribution in [3.05, 3.63) is 47.2 Å². The number of alkyl halides is 4. The van der Waals surface area contributed by atoms with Gasteiger partial charge in [0.1, 0.15) is 11.5 Å². The van der Waals surface area contributed by atoms with E-state index in [4.69, 9.17) is 10.5 Å². The van der Waals surface area contributed by atoms with Gasteiger partial charge in [-0.1, -0.05) is 0 Å². The van der Waals surface area contributed by atoms with Crippen molar-refractivity contribution >= 4 is 17.4 Å². The molecule has 0 spiro atoms. The molecular weight excluding hydrogens is 425 g/mol. The van der Waals surface area contributed by atoms with Crippen LogP contribution in [0.3, 0.4) is 0 Å². The summed E-state index contributed by atoms with van der Waals surface area (Å²) in [6.45, 7) is 1.48. The van der Waals surface area contributed by atoms with Crippen LogP contribution in [0.2, 0.25) is 0 Å². The second-order valence-electron chi connectivity index (χ2n) is 6.87. The Hall–Kier alpha value is -3.31. The van der Waals surface area contributed by atoms with E-state index in [9.17, 15) is 26.7 Å². The summed E-state index contributed by atoms with van der Waals surface area (Å²) in [5.41, 5.74) is 0.716. The molecule has 1 aliphatic rings. The van der Waals surface area contributed by atoms with E-state index in [2.05, 4.69) is 20.3 Å². The predicted molar refractivity (Wildman–Crippen MR) is 101 cm³/mol. The van der Waals surface area contributed by atoms with Gasteiger partial charge in [0, 0.05) is 24.1 Å². The second-order valence-corrected chi connectivity index (χ2v) is 6.87. The van der Waals surface area contributed by atoms with Gasteiger partial charge in [0.25, 0.3) is 18.3 Å². The van der Waals surface area contributed by atoms with Crippen molar-refractivity contribution < 1.29 is 31.5 Å². The third-order valence-corrected chi connectivity index (χ3v) is 4.87. The molecular formula is C19H18F5N5O2. The van der Waals surface area contributed by atoms with Crippen molar-refractivity contribution in [2.75, 3.05) is 12.4 Å². The fraction of sp³-hybridized carbons (Fsp3) is 0.368. The number of methoxy groups -OCH3 is 1. The lowest BCUT2D eigenvalue weighted by Gasteiger charge is -2.40. The number of carbonyl (C=O) groups excluding carboxylic acids is 1. The van der Waals surface area contributed by atoms with Gasteiger partial charge in [-0.25, -0.2) is 36.9 Å². The Morgan fingerprint density at radius 2 is 2.03 bits per heavy atom. The van der Waals surface area contributed by atoms with Crippen LogP contribution in [0, 0.1) is 12.7 Å². The number of hydrogen-bond acceptors (Lipinski definition) is 6. The highest BCUT2D eigenvalue weighted by molar-refractivity contribution is 6.03. The standard InChI is InChI=1S/C19H18F5N5O2/c1-9-15(26-8-14(27-9)31-2)16(30)28-10-3-4-12(20)11(7-10)19(17(21)22)18(23,24)6-5-13(25)29-19/h3-4,7-8,17H,5-6H2,1-2H3,(H2,25,29)(H,28,30)/t19-/m0/s1. The molecule has 0 fully saturated rings. The average Bonchev–Trinajstić information content (AvgIpc) is 2.70. The number of benzene rings is 1. The van der Waals surface area contributed by atoms with Gasteiger partial charge in [0.2, 0.25) is 11.4 Å². The van der Waals surface area contributed by atoms with Crippen molar-refractivity contribution in [2.24, 2.45) is 10.7 Å². The molecule has 3 rings (SSSR count). The van der Waals surface area contributed by atoms with E-state index < -0.39 is 53.9 Å². The number of rotatable bonds is 5. The van der Waals surface area contributed by atoms with Gasteiger partial charge in [0.05, 0.1) is 24.8 Å². The number of amidine groups is 1. The summed E-state index contributed by atoms with van der Waals surface area (Å²) in [5, 5.41) is 2.32. The number of nitrogens with two attached hydrogens (primary N) is 1. The number of carbonyl (C=O) groups is 1. The van der Waals surface area contributed by atoms with Crippen molar-refractivity contribution in [3.8, 4) is 5.88 Å². The van der Waals surface area contributed by atoms with Crippen molar-refractivity contribution in [1.29, 1.82) is 0 Å². The summed E-state index contributed by atoms with van der Waals surface area (Å²) in [7, 11) is 1.36. The lowest BCUT2D eigenvalue weighted by Crippen LogP contribution is -2.54. The first-order chi connectivity index (χ1) is 14.5. The van der Waals surface area contributed by atoms with E-state index in [-0.39, 0.29) is 23.0 Å². The normalized spacial score (nSPS) is 20.3. The topological polar surface area (TPSA) is 102 Å². The highest BCUT2D eigenvalue weighted by atomic mass is 19.3. The summed E-state index contributed by atoms with van der Waals surface area (Å²) in [6.07, 6.45) is -4.02. The summed E-state index contributed by atoms with van der Waals surface area (Å²) >= 11 is 0. The van der Waals surface area contributed by atoms with Gasteiger partial charge in [-0.3, -0.25) is 4.79 Å². The van der Waals surface area contributed by atoms with Gasteiger partial charge in [0.15, 0.2) is 0 Å². The molecule has 1 atom stereocenters. The number of nitrogens with zero attached hydrogens (tertiary/aromatic N) is 3. The molecule has 12 heteroatoms. The van der Waals surface area contributed by atoms with Gasteiger partial charge in [-0.05, 0) is 25.1 Å². The Morgan fingerprint density at radius 1 is 1.32 bits per heavy atom. The Balaban J connectivity index is 2.04. The Morgan fingerprint density at radius 3 is 2.65 bits per heavy atom. The van der Waals surface area contributed by atoms with Crippen LogP contribution in [0.5, 0.6) is 5.88 Å². The van der Waals surface area contributed by atoms with Crippen molar-refractivity contribution in [1.82, 2.24) is 9.97 Å². The molecule has 0 radical (unpaired) electrons. The van der Waals surface area contributed by atoms with Gasteiger partial charge in [-0.15, -0.1) is 0 Å². The third-order valence-electron chi connectivity index (χ3n) is 4.87. The van der Waals surface area contributed by atoms with Crippen LogP contribution in [0.15, 0.2) is 29.4 Å². The van der Waals surface area contributed by atoms with E-state index in [1.807, 2.05) is 0 Å². The van der Waals surface area contributed by atoms with E-state index in [1.165, 1.54) is 20.2 Å². The molecule has 0 aliphatic carbocycles.